The number of nitrogen functional groups attached to an aromatic ring is 1. The summed E-state index contributed by atoms with van der Waals surface area (Å²) in [5.74, 6) is 0. The number of aromatic nitrogens is 1. The van der Waals surface area contributed by atoms with Crippen molar-refractivity contribution in [3.63, 3.8) is 0 Å². The quantitative estimate of drug-likeness (QED) is 0.840. The summed E-state index contributed by atoms with van der Waals surface area (Å²) in [5.41, 5.74) is 5.14. The third-order valence-corrected chi connectivity index (χ3v) is 2.80. The lowest BCUT2D eigenvalue weighted by molar-refractivity contribution is -0.141. The highest BCUT2D eigenvalue weighted by molar-refractivity contribution is 6.35. The number of nitrogens with one attached hydrogen (secondary N) is 1. The summed E-state index contributed by atoms with van der Waals surface area (Å²) in [4.78, 5) is 3.24. The fourth-order valence-corrected chi connectivity index (χ4v) is 2.04. The third-order valence-electron chi connectivity index (χ3n) is 2.37. The number of anilines is 3. The van der Waals surface area contributed by atoms with Gasteiger partial charge >= 0.3 is 6.18 Å². The molecule has 0 aliphatic heterocycles. The summed E-state index contributed by atoms with van der Waals surface area (Å²) in [5, 5.41) is 3.43. The van der Waals surface area contributed by atoms with Gasteiger partial charge in [0.2, 0.25) is 0 Å². The van der Waals surface area contributed by atoms with E-state index in [-0.39, 0.29) is 11.4 Å². The second-order valence-corrected chi connectivity index (χ2v) is 4.81. The van der Waals surface area contributed by atoms with Crippen molar-refractivity contribution in [2.45, 2.75) is 6.18 Å². The highest BCUT2D eigenvalue weighted by Crippen LogP contribution is 2.33. The summed E-state index contributed by atoms with van der Waals surface area (Å²) < 4.78 is 37.8. The molecule has 0 aliphatic rings. The molecule has 1 aromatic heterocycles. The Bertz CT molecular complexity index is 624. The molecule has 0 aliphatic carbocycles. The molecular weight excluding hydrogens is 314 g/mol. The van der Waals surface area contributed by atoms with Gasteiger partial charge < -0.3 is 11.1 Å². The molecule has 3 nitrogen and oxygen atoms in total. The lowest BCUT2D eigenvalue weighted by Crippen LogP contribution is -2.09. The molecule has 0 saturated heterocycles. The standard InChI is InChI=1S/C12H8Cl2F3N3/c13-6-1-7(14)3-8(2-6)20-10-4-11(12(15,16)17)19-5-9(10)18/h1-5H,18H2,(H,19,20). The molecule has 0 bridgehead atoms. The monoisotopic (exact) mass is 321 g/mol. The number of rotatable bonds is 2. The van der Waals surface area contributed by atoms with Crippen LogP contribution in [0.25, 0.3) is 0 Å². The normalized spacial score (nSPS) is 11.4. The SMILES string of the molecule is Nc1cnc(C(F)(F)F)cc1Nc1cc(Cl)cc(Cl)c1. The van der Waals surface area contributed by atoms with Crippen molar-refractivity contribution in [1.82, 2.24) is 4.98 Å². The van der Waals surface area contributed by atoms with Gasteiger partial charge in [0, 0.05) is 15.7 Å². The number of nitrogens with two attached hydrogens (primary N) is 1. The topological polar surface area (TPSA) is 50.9 Å². The van der Waals surface area contributed by atoms with Crippen LogP contribution in [-0.4, -0.2) is 4.98 Å². The molecule has 1 heterocycles. The zero-order valence-corrected chi connectivity index (χ0v) is 11.3. The zero-order valence-electron chi connectivity index (χ0n) is 9.80. The molecule has 1 aromatic carbocycles. The molecule has 2 rings (SSSR count). The van der Waals surface area contributed by atoms with Crippen LogP contribution >= 0.6 is 23.2 Å². The Kier molecular flexibility index (Phi) is 3.96. The maximum Gasteiger partial charge on any atom is 0.433 e. The van der Waals surface area contributed by atoms with Gasteiger partial charge in [0.1, 0.15) is 5.69 Å². The van der Waals surface area contributed by atoms with Crippen LogP contribution in [0.5, 0.6) is 0 Å². The van der Waals surface area contributed by atoms with E-state index in [0.717, 1.165) is 12.3 Å². The maximum atomic E-state index is 12.6. The van der Waals surface area contributed by atoms with Gasteiger partial charge in [-0.2, -0.15) is 13.2 Å². The minimum atomic E-state index is -4.55. The van der Waals surface area contributed by atoms with Gasteiger partial charge in [0.25, 0.3) is 0 Å². The Balaban J connectivity index is 2.37. The largest absolute Gasteiger partial charge is 0.433 e. The molecule has 0 radical (unpaired) electrons. The molecule has 0 fully saturated rings. The number of hydrogen-bond acceptors (Lipinski definition) is 3. The van der Waals surface area contributed by atoms with Crippen molar-refractivity contribution in [3.05, 3.63) is 46.2 Å². The number of halogens is 5. The van der Waals surface area contributed by atoms with Crippen LogP contribution in [0.4, 0.5) is 30.2 Å². The minimum Gasteiger partial charge on any atom is -0.396 e. The van der Waals surface area contributed by atoms with Crippen molar-refractivity contribution < 1.29 is 13.2 Å². The maximum absolute atomic E-state index is 12.6. The van der Waals surface area contributed by atoms with Crippen molar-refractivity contribution in [2.75, 3.05) is 11.1 Å². The van der Waals surface area contributed by atoms with Crippen LogP contribution in [0.2, 0.25) is 10.0 Å². The number of nitrogens with zero attached hydrogens (tertiary/aromatic N) is 1. The average molecular weight is 322 g/mol. The lowest BCUT2D eigenvalue weighted by atomic mass is 10.2. The van der Waals surface area contributed by atoms with Crippen molar-refractivity contribution >= 4 is 40.3 Å². The second kappa shape index (κ2) is 5.38. The summed E-state index contributed by atoms with van der Waals surface area (Å²) in [6, 6.07) is 5.36. The fraction of sp³-hybridized carbons (Fsp3) is 0.0833. The van der Waals surface area contributed by atoms with Crippen LogP contribution in [0.3, 0.4) is 0 Å². The van der Waals surface area contributed by atoms with Gasteiger partial charge in [-0.1, -0.05) is 23.2 Å². The van der Waals surface area contributed by atoms with E-state index in [9.17, 15) is 13.2 Å². The molecular formula is C12H8Cl2F3N3. The van der Waals surface area contributed by atoms with Gasteiger partial charge in [-0.15, -0.1) is 0 Å². The van der Waals surface area contributed by atoms with Crippen LogP contribution < -0.4 is 11.1 Å². The Morgan fingerprint density at radius 2 is 1.65 bits per heavy atom. The highest BCUT2D eigenvalue weighted by atomic mass is 35.5. The first-order chi connectivity index (χ1) is 9.25. The smallest absolute Gasteiger partial charge is 0.396 e. The van der Waals surface area contributed by atoms with E-state index in [0.29, 0.717) is 15.7 Å². The van der Waals surface area contributed by atoms with Crippen molar-refractivity contribution in [2.24, 2.45) is 0 Å². The molecule has 20 heavy (non-hydrogen) atoms. The zero-order chi connectivity index (χ0) is 14.9. The van der Waals surface area contributed by atoms with Crippen LogP contribution in [0, 0.1) is 0 Å². The fourth-order valence-electron chi connectivity index (χ4n) is 1.51. The molecule has 0 saturated carbocycles. The minimum absolute atomic E-state index is 0.0747. The van der Waals surface area contributed by atoms with E-state index in [1.54, 1.807) is 0 Å². The number of pyridine rings is 1. The number of benzene rings is 1. The predicted molar refractivity (Wildman–Crippen MR) is 73.4 cm³/mol. The van der Waals surface area contributed by atoms with Crippen molar-refractivity contribution in [1.29, 1.82) is 0 Å². The molecule has 0 spiro atoms. The number of hydrogen-bond donors (Lipinski definition) is 2. The van der Waals surface area contributed by atoms with E-state index in [2.05, 4.69) is 10.3 Å². The first kappa shape index (κ1) is 14.7. The van der Waals surface area contributed by atoms with Gasteiger partial charge in [0.05, 0.1) is 17.6 Å². The van der Waals surface area contributed by atoms with E-state index in [4.69, 9.17) is 28.9 Å². The average Bonchev–Trinajstić information content (AvgIpc) is 2.29. The Morgan fingerprint density at radius 1 is 1.05 bits per heavy atom. The predicted octanol–water partition coefficient (Wildman–Crippen LogP) is 4.73. The summed E-state index contributed by atoms with van der Waals surface area (Å²) in [7, 11) is 0. The summed E-state index contributed by atoms with van der Waals surface area (Å²) >= 11 is 11.6. The molecule has 3 N–H and O–H groups in total. The molecule has 2 aromatic rings. The third kappa shape index (κ3) is 3.46. The summed E-state index contributed by atoms with van der Waals surface area (Å²) in [6.07, 6.45) is -3.60. The Hall–Kier alpha value is -1.66. The molecule has 0 amide bonds. The van der Waals surface area contributed by atoms with Gasteiger partial charge in [-0.3, -0.25) is 0 Å². The number of alkyl halides is 3. The Morgan fingerprint density at radius 3 is 2.20 bits per heavy atom. The van der Waals surface area contributed by atoms with E-state index < -0.39 is 11.9 Å². The highest BCUT2D eigenvalue weighted by Gasteiger charge is 2.32. The van der Waals surface area contributed by atoms with E-state index in [1.165, 1.54) is 18.2 Å². The second-order valence-electron chi connectivity index (χ2n) is 3.94. The molecule has 8 heteroatoms. The van der Waals surface area contributed by atoms with E-state index >= 15 is 0 Å². The van der Waals surface area contributed by atoms with Gasteiger partial charge in [0.15, 0.2) is 0 Å². The van der Waals surface area contributed by atoms with Crippen LogP contribution in [-0.2, 0) is 6.18 Å². The van der Waals surface area contributed by atoms with Crippen LogP contribution in [0.15, 0.2) is 30.5 Å². The first-order valence-electron chi connectivity index (χ1n) is 5.31. The first-order valence-corrected chi connectivity index (χ1v) is 6.07. The molecule has 0 atom stereocenters. The molecule has 0 unspecified atom stereocenters. The molecule has 106 valence electrons. The van der Waals surface area contributed by atoms with Crippen LogP contribution in [0.1, 0.15) is 5.69 Å². The summed E-state index contributed by atoms with van der Waals surface area (Å²) in [6.45, 7) is 0. The lowest BCUT2D eigenvalue weighted by Gasteiger charge is -2.12. The van der Waals surface area contributed by atoms with Crippen molar-refractivity contribution in [3.8, 4) is 0 Å². The van der Waals surface area contributed by atoms with Gasteiger partial charge in [-0.05, 0) is 24.3 Å². The Labute approximate surface area is 122 Å². The van der Waals surface area contributed by atoms with E-state index in [1.807, 2.05) is 0 Å². The van der Waals surface area contributed by atoms with Gasteiger partial charge in [-0.25, -0.2) is 4.98 Å².